The van der Waals surface area contributed by atoms with Crippen LogP contribution in [0.3, 0.4) is 0 Å². The zero-order valence-electron chi connectivity index (χ0n) is 12.2. The number of hydrogen-bond acceptors (Lipinski definition) is 3. The van der Waals surface area contributed by atoms with Gasteiger partial charge in [-0.15, -0.1) is 0 Å². The SMILES string of the molecule is CCc1cc(C(Cc2c(Cl)cccc2Cl)NN)n(CC)n1. The van der Waals surface area contributed by atoms with Gasteiger partial charge in [0.2, 0.25) is 0 Å². The summed E-state index contributed by atoms with van der Waals surface area (Å²) in [7, 11) is 0. The number of aryl methyl sites for hydroxylation is 2. The molecule has 0 saturated heterocycles. The molecule has 0 aliphatic heterocycles. The van der Waals surface area contributed by atoms with Gasteiger partial charge in [0, 0.05) is 16.6 Å². The summed E-state index contributed by atoms with van der Waals surface area (Å²) in [5.74, 6) is 5.75. The number of hydrazine groups is 1. The predicted octanol–water partition coefficient (Wildman–Crippen LogP) is 3.52. The number of nitrogens with two attached hydrogens (primary N) is 1. The number of hydrogen-bond donors (Lipinski definition) is 2. The lowest BCUT2D eigenvalue weighted by Crippen LogP contribution is -2.31. The minimum atomic E-state index is -0.0878. The summed E-state index contributed by atoms with van der Waals surface area (Å²) in [5, 5.41) is 5.87. The zero-order chi connectivity index (χ0) is 15.4. The van der Waals surface area contributed by atoms with Crippen molar-refractivity contribution in [2.75, 3.05) is 0 Å². The maximum absolute atomic E-state index is 6.25. The van der Waals surface area contributed by atoms with Gasteiger partial charge in [0.25, 0.3) is 0 Å². The van der Waals surface area contributed by atoms with E-state index < -0.39 is 0 Å². The van der Waals surface area contributed by atoms with Crippen LogP contribution in [0.5, 0.6) is 0 Å². The topological polar surface area (TPSA) is 55.9 Å². The first kappa shape index (κ1) is 16.3. The van der Waals surface area contributed by atoms with Crippen LogP contribution in [0.2, 0.25) is 10.0 Å². The fourth-order valence-electron chi connectivity index (χ4n) is 2.37. The Bertz CT molecular complexity index is 589. The highest BCUT2D eigenvalue weighted by atomic mass is 35.5. The molecule has 1 atom stereocenters. The molecule has 1 aromatic carbocycles. The van der Waals surface area contributed by atoms with Crippen LogP contribution >= 0.6 is 23.2 Å². The van der Waals surface area contributed by atoms with Crippen LogP contribution in [0, 0.1) is 0 Å². The second-order valence-electron chi connectivity index (χ2n) is 4.85. The van der Waals surface area contributed by atoms with Gasteiger partial charge in [-0.05, 0) is 43.5 Å². The molecule has 0 spiro atoms. The summed E-state index contributed by atoms with van der Waals surface area (Å²) in [6.45, 7) is 4.94. The van der Waals surface area contributed by atoms with E-state index in [1.54, 1.807) is 0 Å². The maximum Gasteiger partial charge on any atom is 0.0670 e. The Labute approximate surface area is 135 Å². The normalized spacial score (nSPS) is 12.6. The Hall–Kier alpha value is -1.07. The van der Waals surface area contributed by atoms with Crippen molar-refractivity contribution in [1.29, 1.82) is 0 Å². The van der Waals surface area contributed by atoms with E-state index in [9.17, 15) is 0 Å². The molecule has 1 unspecified atom stereocenters. The van der Waals surface area contributed by atoms with E-state index in [4.69, 9.17) is 29.0 Å². The average Bonchev–Trinajstić information content (AvgIpc) is 2.90. The molecule has 3 N–H and O–H groups in total. The van der Waals surface area contributed by atoms with Gasteiger partial charge in [-0.25, -0.2) is 0 Å². The summed E-state index contributed by atoms with van der Waals surface area (Å²) in [5.41, 5.74) is 5.85. The van der Waals surface area contributed by atoms with Crippen LogP contribution in [0.4, 0.5) is 0 Å². The summed E-state index contributed by atoms with van der Waals surface area (Å²) < 4.78 is 1.97. The zero-order valence-corrected chi connectivity index (χ0v) is 13.7. The average molecular weight is 327 g/mol. The highest BCUT2D eigenvalue weighted by molar-refractivity contribution is 6.36. The Morgan fingerprint density at radius 1 is 1.29 bits per heavy atom. The molecular weight excluding hydrogens is 307 g/mol. The van der Waals surface area contributed by atoms with Crippen molar-refractivity contribution in [3.8, 4) is 0 Å². The third-order valence-electron chi connectivity index (χ3n) is 3.55. The predicted molar refractivity (Wildman–Crippen MR) is 87.5 cm³/mol. The van der Waals surface area contributed by atoms with E-state index in [0.717, 1.165) is 29.9 Å². The molecule has 0 radical (unpaired) electrons. The summed E-state index contributed by atoms with van der Waals surface area (Å²) in [6.07, 6.45) is 1.51. The molecule has 4 nitrogen and oxygen atoms in total. The molecule has 1 heterocycles. The van der Waals surface area contributed by atoms with Crippen LogP contribution < -0.4 is 11.3 Å². The van der Waals surface area contributed by atoms with E-state index in [0.29, 0.717) is 16.5 Å². The molecule has 0 saturated carbocycles. The standard InChI is InChI=1S/C15H20Cl2N4/c1-3-10-8-15(21(4-2)20-10)14(19-18)9-11-12(16)6-5-7-13(11)17/h5-8,14,19H,3-4,9,18H2,1-2H3. The van der Waals surface area contributed by atoms with Crippen molar-refractivity contribution in [2.24, 2.45) is 5.84 Å². The maximum atomic E-state index is 6.25. The highest BCUT2D eigenvalue weighted by Crippen LogP contribution is 2.29. The lowest BCUT2D eigenvalue weighted by atomic mass is 10.0. The van der Waals surface area contributed by atoms with Crippen molar-refractivity contribution >= 4 is 23.2 Å². The van der Waals surface area contributed by atoms with Crippen LogP contribution in [0.15, 0.2) is 24.3 Å². The van der Waals surface area contributed by atoms with E-state index in [1.807, 2.05) is 22.9 Å². The quantitative estimate of drug-likeness (QED) is 0.630. The van der Waals surface area contributed by atoms with Crippen molar-refractivity contribution in [1.82, 2.24) is 15.2 Å². The number of rotatable bonds is 6. The van der Waals surface area contributed by atoms with Crippen LogP contribution in [-0.4, -0.2) is 9.78 Å². The van der Waals surface area contributed by atoms with Crippen molar-refractivity contribution in [3.63, 3.8) is 0 Å². The van der Waals surface area contributed by atoms with Gasteiger partial charge in [0.05, 0.1) is 17.4 Å². The molecule has 0 aliphatic carbocycles. The molecule has 1 aromatic heterocycles. The lowest BCUT2D eigenvalue weighted by molar-refractivity contribution is 0.490. The first-order valence-electron chi connectivity index (χ1n) is 7.06. The molecular formula is C15H20Cl2N4. The van der Waals surface area contributed by atoms with Gasteiger partial charge in [-0.1, -0.05) is 36.2 Å². The van der Waals surface area contributed by atoms with Crippen LogP contribution in [0.25, 0.3) is 0 Å². The number of nitrogens with one attached hydrogen (secondary N) is 1. The van der Waals surface area contributed by atoms with Gasteiger partial charge in [0.15, 0.2) is 0 Å². The summed E-state index contributed by atoms with van der Waals surface area (Å²) in [4.78, 5) is 0. The highest BCUT2D eigenvalue weighted by Gasteiger charge is 2.19. The van der Waals surface area contributed by atoms with E-state index >= 15 is 0 Å². The largest absolute Gasteiger partial charge is 0.271 e. The Morgan fingerprint density at radius 3 is 2.48 bits per heavy atom. The lowest BCUT2D eigenvalue weighted by Gasteiger charge is -2.18. The van der Waals surface area contributed by atoms with E-state index in [1.165, 1.54) is 0 Å². The molecule has 114 valence electrons. The molecule has 0 amide bonds. The van der Waals surface area contributed by atoms with E-state index in [2.05, 4.69) is 30.4 Å². The minimum absolute atomic E-state index is 0.0878. The Balaban J connectivity index is 2.34. The second-order valence-corrected chi connectivity index (χ2v) is 5.67. The Morgan fingerprint density at radius 2 is 1.95 bits per heavy atom. The minimum Gasteiger partial charge on any atom is -0.271 e. The molecule has 0 aliphatic rings. The number of nitrogens with zero attached hydrogens (tertiary/aromatic N) is 2. The monoisotopic (exact) mass is 326 g/mol. The van der Waals surface area contributed by atoms with Gasteiger partial charge < -0.3 is 0 Å². The molecule has 0 bridgehead atoms. The molecule has 2 rings (SSSR count). The number of benzene rings is 1. The smallest absolute Gasteiger partial charge is 0.0670 e. The first-order chi connectivity index (χ1) is 10.1. The number of halogens is 2. The van der Waals surface area contributed by atoms with Crippen molar-refractivity contribution in [3.05, 3.63) is 51.3 Å². The third-order valence-corrected chi connectivity index (χ3v) is 4.26. The van der Waals surface area contributed by atoms with Gasteiger partial charge in [-0.2, -0.15) is 5.10 Å². The first-order valence-corrected chi connectivity index (χ1v) is 7.81. The van der Waals surface area contributed by atoms with Crippen LogP contribution in [0.1, 0.15) is 36.8 Å². The van der Waals surface area contributed by atoms with Crippen molar-refractivity contribution in [2.45, 2.75) is 39.3 Å². The summed E-state index contributed by atoms with van der Waals surface area (Å²) in [6, 6.07) is 7.51. The number of aromatic nitrogens is 2. The van der Waals surface area contributed by atoms with Gasteiger partial charge in [-0.3, -0.25) is 16.0 Å². The van der Waals surface area contributed by atoms with E-state index in [-0.39, 0.29) is 6.04 Å². The summed E-state index contributed by atoms with van der Waals surface area (Å²) >= 11 is 12.5. The molecule has 0 fully saturated rings. The molecule has 2 aromatic rings. The molecule has 21 heavy (non-hydrogen) atoms. The second kappa shape index (κ2) is 7.27. The molecule has 6 heteroatoms. The third kappa shape index (κ3) is 3.58. The van der Waals surface area contributed by atoms with Crippen LogP contribution in [-0.2, 0) is 19.4 Å². The van der Waals surface area contributed by atoms with Crippen molar-refractivity contribution < 1.29 is 0 Å². The fraction of sp³-hybridized carbons (Fsp3) is 0.400. The fourth-order valence-corrected chi connectivity index (χ4v) is 2.93. The van der Waals surface area contributed by atoms with Gasteiger partial charge >= 0.3 is 0 Å². The van der Waals surface area contributed by atoms with Gasteiger partial charge in [0.1, 0.15) is 0 Å². The Kier molecular flexibility index (Phi) is 5.65.